The number of hydrogen-bond donors (Lipinski definition) is 1. The quantitative estimate of drug-likeness (QED) is 0.498. The summed E-state index contributed by atoms with van der Waals surface area (Å²) in [7, 11) is 3.47. The summed E-state index contributed by atoms with van der Waals surface area (Å²) >= 11 is 6.01. The van der Waals surface area contributed by atoms with Crippen molar-refractivity contribution < 1.29 is 18.7 Å². The number of furan rings is 1. The van der Waals surface area contributed by atoms with Crippen LogP contribution in [0.25, 0.3) is 0 Å². The van der Waals surface area contributed by atoms with Gasteiger partial charge in [-0.1, -0.05) is 17.7 Å². The Morgan fingerprint density at radius 1 is 1.12 bits per heavy atom. The fourth-order valence-electron chi connectivity index (χ4n) is 3.17. The third-order valence-corrected chi connectivity index (χ3v) is 5.17. The smallest absolute Gasteiger partial charge is 0.322 e. The fourth-order valence-corrected chi connectivity index (χ4v) is 3.36. The number of carbonyl (C=O) groups excluding carboxylic acids is 2. The topological polar surface area (TPSA) is 80.0 Å². The Morgan fingerprint density at radius 3 is 2.62 bits per heavy atom. The Balaban J connectivity index is 1.74. The zero-order chi connectivity index (χ0) is 22.9. The van der Waals surface area contributed by atoms with E-state index >= 15 is 0 Å². The molecule has 0 saturated carbocycles. The molecule has 170 valence electrons. The number of urea groups is 1. The number of carbonyl (C=O) groups is 2. The van der Waals surface area contributed by atoms with Crippen LogP contribution in [-0.4, -0.2) is 53.1 Å². The van der Waals surface area contributed by atoms with E-state index in [0.29, 0.717) is 36.2 Å². The minimum absolute atomic E-state index is 0.110. The lowest BCUT2D eigenvalue weighted by molar-refractivity contribution is -0.133. The maximum absolute atomic E-state index is 13.3. The Labute approximate surface area is 192 Å². The molecule has 0 spiro atoms. The van der Waals surface area contributed by atoms with E-state index in [0.717, 1.165) is 5.69 Å². The van der Waals surface area contributed by atoms with E-state index in [9.17, 15) is 9.59 Å². The molecule has 0 saturated heterocycles. The lowest BCUT2D eigenvalue weighted by atomic mass is 10.3. The van der Waals surface area contributed by atoms with Crippen molar-refractivity contribution in [3.8, 4) is 0 Å². The van der Waals surface area contributed by atoms with Crippen molar-refractivity contribution in [2.24, 2.45) is 7.05 Å². The first-order valence-corrected chi connectivity index (χ1v) is 10.5. The van der Waals surface area contributed by atoms with Crippen LogP contribution in [-0.2, 0) is 29.7 Å². The van der Waals surface area contributed by atoms with E-state index in [1.165, 1.54) is 4.90 Å². The number of nitrogens with zero attached hydrogens (tertiary/aromatic N) is 3. The first kappa shape index (κ1) is 23.4. The van der Waals surface area contributed by atoms with Crippen LogP contribution in [0.15, 0.2) is 65.4 Å². The third kappa shape index (κ3) is 6.63. The highest BCUT2D eigenvalue weighted by molar-refractivity contribution is 6.30. The Bertz CT molecular complexity index is 1020. The van der Waals surface area contributed by atoms with Gasteiger partial charge in [0.05, 0.1) is 26.0 Å². The van der Waals surface area contributed by atoms with E-state index in [-0.39, 0.29) is 19.0 Å². The number of anilines is 1. The largest absolute Gasteiger partial charge is 0.467 e. The number of aromatic nitrogens is 1. The third-order valence-electron chi connectivity index (χ3n) is 4.94. The maximum atomic E-state index is 13.3. The van der Waals surface area contributed by atoms with Crippen molar-refractivity contribution in [2.75, 3.05) is 32.1 Å². The monoisotopic (exact) mass is 458 g/mol. The molecule has 3 amide bonds. The summed E-state index contributed by atoms with van der Waals surface area (Å²) in [6.45, 7) is 1.13. The second-order valence-corrected chi connectivity index (χ2v) is 7.73. The molecule has 0 fully saturated rings. The molecule has 0 bridgehead atoms. The van der Waals surface area contributed by atoms with E-state index in [1.54, 1.807) is 48.6 Å². The number of halogens is 1. The SMILES string of the molecule is COCCN(CC(=O)N(Cc1ccco1)Cc1cccn1C)C(=O)Nc1cccc(Cl)c1. The van der Waals surface area contributed by atoms with E-state index in [4.69, 9.17) is 20.8 Å². The number of hydrogen-bond acceptors (Lipinski definition) is 4. The van der Waals surface area contributed by atoms with Gasteiger partial charge in [-0.15, -0.1) is 0 Å². The van der Waals surface area contributed by atoms with Crippen LogP contribution < -0.4 is 5.32 Å². The van der Waals surface area contributed by atoms with Crippen LogP contribution in [0, 0.1) is 0 Å². The number of aryl methyl sites for hydroxylation is 1. The number of benzene rings is 1. The first-order valence-electron chi connectivity index (χ1n) is 10.2. The van der Waals surface area contributed by atoms with Gasteiger partial charge in [0.2, 0.25) is 5.91 Å². The van der Waals surface area contributed by atoms with E-state index in [1.807, 2.05) is 36.0 Å². The van der Waals surface area contributed by atoms with Crippen LogP contribution >= 0.6 is 11.6 Å². The Kier molecular flexibility index (Phi) is 8.35. The predicted molar refractivity (Wildman–Crippen MR) is 122 cm³/mol. The minimum Gasteiger partial charge on any atom is -0.467 e. The second-order valence-electron chi connectivity index (χ2n) is 7.29. The molecule has 0 aliphatic rings. The van der Waals surface area contributed by atoms with Crippen molar-refractivity contribution in [2.45, 2.75) is 13.1 Å². The minimum atomic E-state index is -0.408. The van der Waals surface area contributed by atoms with Crippen molar-refractivity contribution in [3.63, 3.8) is 0 Å². The highest BCUT2D eigenvalue weighted by atomic mass is 35.5. The molecule has 3 aromatic rings. The molecule has 0 unspecified atom stereocenters. The van der Waals surface area contributed by atoms with Gasteiger partial charge >= 0.3 is 6.03 Å². The zero-order valence-electron chi connectivity index (χ0n) is 18.2. The molecular formula is C23H27ClN4O4. The predicted octanol–water partition coefficient (Wildman–Crippen LogP) is 3.98. The lowest BCUT2D eigenvalue weighted by Crippen LogP contribution is -2.45. The summed E-state index contributed by atoms with van der Waals surface area (Å²) in [5, 5.41) is 3.30. The highest BCUT2D eigenvalue weighted by Crippen LogP contribution is 2.16. The Morgan fingerprint density at radius 2 is 1.97 bits per heavy atom. The molecule has 0 aliphatic heterocycles. The fraction of sp³-hybridized carbons (Fsp3) is 0.304. The van der Waals surface area contributed by atoms with Gasteiger partial charge < -0.3 is 28.8 Å². The molecule has 2 aromatic heterocycles. The maximum Gasteiger partial charge on any atom is 0.322 e. The molecule has 32 heavy (non-hydrogen) atoms. The van der Waals surface area contributed by atoms with E-state index < -0.39 is 6.03 Å². The summed E-state index contributed by atoms with van der Waals surface area (Å²) in [6.07, 6.45) is 3.50. The van der Waals surface area contributed by atoms with Gasteiger partial charge in [0.25, 0.3) is 0 Å². The number of nitrogens with one attached hydrogen (secondary N) is 1. The van der Waals surface area contributed by atoms with Crippen LogP contribution in [0.5, 0.6) is 0 Å². The van der Waals surface area contributed by atoms with Gasteiger partial charge in [-0.3, -0.25) is 4.79 Å². The van der Waals surface area contributed by atoms with Crippen LogP contribution in [0.4, 0.5) is 10.5 Å². The number of ether oxygens (including phenoxy) is 1. The summed E-state index contributed by atoms with van der Waals surface area (Å²) in [6, 6.07) is 13.9. The molecule has 2 heterocycles. The molecule has 3 rings (SSSR count). The standard InChI is InChI=1S/C23H27ClN4O4/c1-26-10-4-8-20(26)15-28(16-21-9-5-12-32-21)22(29)17-27(11-13-31-2)23(30)25-19-7-3-6-18(24)14-19/h3-10,12,14H,11,13,15-17H2,1-2H3,(H,25,30). The van der Waals surface area contributed by atoms with Crippen molar-refractivity contribution >= 4 is 29.2 Å². The van der Waals surface area contributed by atoms with Crippen molar-refractivity contribution in [1.82, 2.24) is 14.4 Å². The van der Waals surface area contributed by atoms with Gasteiger partial charge in [-0.2, -0.15) is 0 Å². The second kappa shape index (κ2) is 11.4. The van der Waals surface area contributed by atoms with Crippen molar-refractivity contribution in [1.29, 1.82) is 0 Å². The molecule has 0 atom stereocenters. The van der Waals surface area contributed by atoms with Gasteiger partial charge in [-0.05, 0) is 42.5 Å². The van der Waals surface area contributed by atoms with Crippen molar-refractivity contribution in [3.05, 3.63) is 77.5 Å². The number of rotatable bonds is 10. The first-order chi connectivity index (χ1) is 15.5. The summed E-state index contributed by atoms with van der Waals surface area (Å²) < 4.78 is 12.5. The Hall–Kier alpha value is -3.23. The van der Waals surface area contributed by atoms with Gasteiger partial charge in [0.15, 0.2) is 0 Å². The van der Waals surface area contributed by atoms with Gasteiger partial charge in [0, 0.05) is 43.3 Å². The average Bonchev–Trinajstić information content (AvgIpc) is 3.42. The van der Waals surface area contributed by atoms with Gasteiger partial charge in [0.1, 0.15) is 12.3 Å². The molecule has 8 nitrogen and oxygen atoms in total. The molecular weight excluding hydrogens is 432 g/mol. The normalized spacial score (nSPS) is 10.7. The molecule has 0 aliphatic carbocycles. The molecule has 1 aromatic carbocycles. The summed E-state index contributed by atoms with van der Waals surface area (Å²) in [5.74, 6) is 0.458. The lowest BCUT2D eigenvalue weighted by Gasteiger charge is -2.27. The van der Waals surface area contributed by atoms with Crippen LogP contribution in [0.2, 0.25) is 5.02 Å². The summed E-state index contributed by atoms with van der Waals surface area (Å²) in [4.78, 5) is 29.3. The molecule has 1 N–H and O–H groups in total. The molecule has 0 radical (unpaired) electrons. The van der Waals surface area contributed by atoms with E-state index in [2.05, 4.69) is 5.32 Å². The van der Waals surface area contributed by atoms with Crippen LogP contribution in [0.1, 0.15) is 11.5 Å². The highest BCUT2D eigenvalue weighted by Gasteiger charge is 2.23. The van der Waals surface area contributed by atoms with Crippen LogP contribution in [0.3, 0.4) is 0 Å². The molecule has 9 heteroatoms. The van der Waals surface area contributed by atoms with Gasteiger partial charge in [-0.25, -0.2) is 4.79 Å². The average molecular weight is 459 g/mol. The summed E-state index contributed by atoms with van der Waals surface area (Å²) in [5.41, 5.74) is 1.52. The zero-order valence-corrected chi connectivity index (χ0v) is 18.9. The number of methoxy groups -OCH3 is 1. The number of amides is 3.